The van der Waals surface area contributed by atoms with Crippen molar-refractivity contribution < 1.29 is 19.5 Å². The van der Waals surface area contributed by atoms with Crippen molar-refractivity contribution in [1.82, 2.24) is 15.6 Å². The molecule has 1 aromatic rings. The Balaban J connectivity index is 1.70. The van der Waals surface area contributed by atoms with E-state index in [1.807, 2.05) is 0 Å². The average Bonchev–Trinajstić information content (AvgIpc) is 3.28. The Labute approximate surface area is 120 Å². The predicted octanol–water partition coefficient (Wildman–Crippen LogP) is 0.427. The van der Waals surface area contributed by atoms with Crippen molar-refractivity contribution in [3.8, 4) is 0 Å². The number of hydrogen-bond acceptors (Lipinski definition) is 4. The van der Waals surface area contributed by atoms with Crippen molar-refractivity contribution in [3.05, 3.63) is 24.0 Å². The number of nitrogens with one attached hydrogen (secondary N) is 3. The molecule has 3 amide bonds. The predicted molar refractivity (Wildman–Crippen MR) is 74.0 cm³/mol. The van der Waals surface area contributed by atoms with Gasteiger partial charge in [-0.1, -0.05) is 0 Å². The number of carboxylic acid groups (broad SMARTS) is 1. The Bertz CT molecular complexity index is 557. The summed E-state index contributed by atoms with van der Waals surface area (Å²) in [5.74, 6) is -0.950. The fourth-order valence-corrected chi connectivity index (χ4v) is 1.65. The molecule has 0 aliphatic heterocycles. The van der Waals surface area contributed by atoms with Crippen LogP contribution in [0, 0.1) is 5.92 Å². The van der Waals surface area contributed by atoms with Crippen LogP contribution >= 0.6 is 0 Å². The van der Waals surface area contributed by atoms with Crippen LogP contribution in [-0.2, 0) is 4.79 Å². The Morgan fingerprint density at radius 1 is 1.19 bits per heavy atom. The summed E-state index contributed by atoms with van der Waals surface area (Å²) >= 11 is 0. The van der Waals surface area contributed by atoms with Crippen LogP contribution in [-0.4, -0.2) is 41.1 Å². The van der Waals surface area contributed by atoms with E-state index in [0.717, 1.165) is 12.8 Å². The fourth-order valence-electron chi connectivity index (χ4n) is 1.65. The lowest BCUT2D eigenvalue weighted by Crippen LogP contribution is -2.37. The van der Waals surface area contributed by atoms with Crippen molar-refractivity contribution in [1.29, 1.82) is 0 Å². The summed E-state index contributed by atoms with van der Waals surface area (Å²) in [6.07, 6.45) is 4.42. The molecule has 2 rings (SSSR count). The van der Waals surface area contributed by atoms with Gasteiger partial charge in [0.2, 0.25) is 5.91 Å². The summed E-state index contributed by atoms with van der Waals surface area (Å²) in [6, 6.07) is 0.823. The molecule has 0 aromatic carbocycles. The quantitative estimate of drug-likeness (QED) is 0.567. The summed E-state index contributed by atoms with van der Waals surface area (Å²) < 4.78 is 0. The summed E-state index contributed by atoms with van der Waals surface area (Å²) in [5, 5.41) is 16.6. The smallest absolute Gasteiger partial charge is 0.337 e. The zero-order valence-electron chi connectivity index (χ0n) is 11.3. The number of urea groups is 1. The van der Waals surface area contributed by atoms with Crippen LogP contribution in [0.2, 0.25) is 0 Å². The molecule has 21 heavy (non-hydrogen) atoms. The molecule has 0 saturated heterocycles. The van der Waals surface area contributed by atoms with Crippen LogP contribution in [0.25, 0.3) is 0 Å². The van der Waals surface area contributed by atoms with E-state index in [2.05, 4.69) is 20.9 Å². The summed E-state index contributed by atoms with van der Waals surface area (Å²) in [5.41, 5.74) is 0.277. The molecule has 1 heterocycles. The van der Waals surface area contributed by atoms with E-state index < -0.39 is 12.0 Å². The molecule has 1 aliphatic carbocycles. The van der Waals surface area contributed by atoms with Crippen LogP contribution < -0.4 is 16.0 Å². The molecule has 8 nitrogen and oxygen atoms in total. The number of aromatic nitrogens is 1. The highest BCUT2D eigenvalue weighted by molar-refractivity contribution is 5.92. The Morgan fingerprint density at radius 2 is 1.90 bits per heavy atom. The van der Waals surface area contributed by atoms with E-state index in [-0.39, 0.29) is 29.6 Å². The van der Waals surface area contributed by atoms with Gasteiger partial charge < -0.3 is 21.1 Å². The van der Waals surface area contributed by atoms with Crippen molar-refractivity contribution in [2.24, 2.45) is 5.92 Å². The van der Waals surface area contributed by atoms with Gasteiger partial charge in [0.25, 0.3) is 0 Å². The number of carbonyl (C=O) groups is 3. The molecular weight excluding hydrogens is 276 g/mol. The number of nitrogens with zero attached hydrogens (tertiary/aromatic N) is 1. The number of hydrogen-bond donors (Lipinski definition) is 4. The third kappa shape index (κ3) is 4.75. The van der Waals surface area contributed by atoms with Crippen molar-refractivity contribution in [2.45, 2.75) is 12.8 Å². The second kappa shape index (κ2) is 6.69. The highest BCUT2D eigenvalue weighted by Crippen LogP contribution is 2.28. The first-order chi connectivity index (χ1) is 10.1. The summed E-state index contributed by atoms with van der Waals surface area (Å²) in [7, 11) is 0. The van der Waals surface area contributed by atoms with E-state index in [9.17, 15) is 14.4 Å². The maximum absolute atomic E-state index is 11.6. The number of carbonyl (C=O) groups excluding carboxylic acids is 2. The number of aromatic carboxylic acids is 1. The third-order valence-corrected chi connectivity index (χ3v) is 2.90. The Hall–Kier alpha value is -2.64. The molecule has 112 valence electrons. The minimum absolute atomic E-state index is 0.00973. The largest absolute Gasteiger partial charge is 0.478 e. The molecular formula is C13H16N4O4. The summed E-state index contributed by atoms with van der Waals surface area (Å²) in [4.78, 5) is 37.4. The zero-order chi connectivity index (χ0) is 15.2. The lowest BCUT2D eigenvalue weighted by molar-refractivity contribution is -0.122. The topological polar surface area (TPSA) is 120 Å². The molecule has 0 spiro atoms. The van der Waals surface area contributed by atoms with E-state index in [1.165, 1.54) is 18.5 Å². The van der Waals surface area contributed by atoms with Crippen molar-refractivity contribution >= 4 is 23.6 Å². The van der Waals surface area contributed by atoms with Gasteiger partial charge in [-0.25, -0.2) is 9.59 Å². The van der Waals surface area contributed by atoms with Gasteiger partial charge in [0, 0.05) is 25.2 Å². The van der Waals surface area contributed by atoms with Crippen LogP contribution in [0.15, 0.2) is 18.5 Å². The van der Waals surface area contributed by atoms with Crippen molar-refractivity contribution in [2.75, 3.05) is 18.4 Å². The first kappa shape index (κ1) is 14.8. The Kier molecular flexibility index (Phi) is 4.70. The molecule has 1 aromatic heterocycles. The van der Waals surface area contributed by atoms with Gasteiger partial charge in [-0.2, -0.15) is 0 Å². The van der Waals surface area contributed by atoms with Gasteiger partial charge in [0.15, 0.2) is 0 Å². The van der Waals surface area contributed by atoms with Crippen molar-refractivity contribution in [3.63, 3.8) is 0 Å². The van der Waals surface area contributed by atoms with Gasteiger partial charge in [0.1, 0.15) is 0 Å². The lowest BCUT2D eigenvalue weighted by atomic mass is 10.3. The van der Waals surface area contributed by atoms with Crippen LogP contribution in [0.5, 0.6) is 0 Å². The van der Waals surface area contributed by atoms with Gasteiger partial charge in [0.05, 0.1) is 17.4 Å². The fraction of sp³-hybridized carbons (Fsp3) is 0.385. The van der Waals surface area contributed by atoms with E-state index in [4.69, 9.17) is 5.11 Å². The average molecular weight is 292 g/mol. The van der Waals surface area contributed by atoms with Gasteiger partial charge in [-0.3, -0.25) is 9.78 Å². The minimum Gasteiger partial charge on any atom is -0.478 e. The molecule has 0 bridgehead atoms. The van der Waals surface area contributed by atoms with Gasteiger partial charge in [-0.05, 0) is 18.9 Å². The monoisotopic (exact) mass is 292 g/mol. The third-order valence-electron chi connectivity index (χ3n) is 2.90. The van der Waals surface area contributed by atoms with E-state index in [1.54, 1.807) is 0 Å². The molecule has 4 N–H and O–H groups in total. The minimum atomic E-state index is -1.12. The van der Waals surface area contributed by atoms with Crippen LogP contribution in [0.3, 0.4) is 0 Å². The molecule has 0 radical (unpaired) electrons. The number of amides is 3. The van der Waals surface area contributed by atoms with Crippen LogP contribution in [0.4, 0.5) is 10.5 Å². The van der Waals surface area contributed by atoms with Gasteiger partial charge >= 0.3 is 12.0 Å². The standard InChI is InChI=1S/C13H16N4O4/c18-11(8-1-2-8)15-3-4-16-13(21)17-10-5-9(12(19)20)6-14-7-10/h5-8H,1-4H2,(H,15,18)(H,19,20)(H2,16,17,21). The molecule has 1 aliphatic rings. The maximum Gasteiger partial charge on any atom is 0.337 e. The normalized spacial score (nSPS) is 13.3. The zero-order valence-corrected chi connectivity index (χ0v) is 11.3. The van der Waals surface area contributed by atoms with E-state index >= 15 is 0 Å². The molecule has 0 atom stereocenters. The molecule has 8 heteroatoms. The first-order valence-corrected chi connectivity index (χ1v) is 6.57. The first-order valence-electron chi connectivity index (χ1n) is 6.57. The maximum atomic E-state index is 11.6. The highest BCUT2D eigenvalue weighted by Gasteiger charge is 2.28. The Morgan fingerprint density at radius 3 is 2.57 bits per heavy atom. The highest BCUT2D eigenvalue weighted by atomic mass is 16.4. The van der Waals surface area contributed by atoms with Crippen LogP contribution in [0.1, 0.15) is 23.2 Å². The number of rotatable bonds is 6. The molecule has 1 fully saturated rings. The van der Waals surface area contributed by atoms with E-state index in [0.29, 0.717) is 6.54 Å². The lowest BCUT2D eigenvalue weighted by Gasteiger charge is -2.08. The SMILES string of the molecule is O=C(NCCNC(=O)C1CC1)Nc1cncc(C(=O)O)c1. The van der Waals surface area contributed by atoms with Gasteiger partial charge in [-0.15, -0.1) is 0 Å². The number of anilines is 1. The molecule has 0 unspecified atom stereocenters. The number of carboxylic acids is 1. The second-order valence-electron chi connectivity index (χ2n) is 4.71. The second-order valence-corrected chi connectivity index (χ2v) is 4.71. The number of pyridine rings is 1. The molecule has 1 saturated carbocycles. The summed E-state index contributed by atoms with van der Waals surface area (Å²) in [6.45, 7) is 0.645.